The van der Waals surface area contributed by atoms with Crippen molar-refractivity contribution in [1.29, 1.82) is 0 Å². The molecule has 2 saturated heterocycles. The van der Waals surface area contributed by atoms with Crippen molar-refractivity contribution in [3.63, 3.8) is 0 Å². The first-order valence-corrected chi connectivity index (χ1v) is 13.9. The number of ketones is 1. The van der Waals surface area contributed by atoms with E-state index in [2.05, 4.69) is 79.8 Å². The van der Waals surface area contributed by atoms with Crippen LogP contribution in [0.25, 0.3) is 0 Å². The summed E-state index contributed by atoms with van der Waals surface area (Å²) in [4.78, 5) is 18.1. The molecule has 2 heterocycles. The van der Waals surface area contributed by atoms with Gasteiger partial charge in [0.2, 0.25) is 0 Å². The summed E-state index contributed by atoms with van der Waals surface area (Å²) >= 11 is 7.10. The van der Waals surface area contributed by atoms with Gasteiger partial charge in [-0.1, -0.05) is 12.1 Å². The Morgan fingerprint density at radius 3 is 1.44 bits per heavy atom. The highest BCUT2D eigenvalue weighted by atomic mass is 79.9. The fourth-order valence-electron chi connectivity index (χ4n) is 5.54. The summed E-state index contributed by atoms with van der Waals surface area (Å²) in [5.41, 5.74) is 16.1. The molecule has 2 fully saturated rings. The van der Waals surface area contributed by atoms with E-state index in [0.29, 0.717) is 17.6 Å². The van der Waals surface area contributed by atoms with Crippen LogP contribution < -0.4 is 11.5 Å². The number of nitrogens with two attached hydrogens (primary N) is 2. The van der Waals surface area contributed by atoms with Gasteiger partial charge in [-0.2, -0.15) is 0 Å². The molecule has 0 bridgehead atoms. The molecule has 2 aromatic carbocycles. The Hall–Kier alpha value is -1.41. The van der Waals surface area contributed by atoms with Gasteiger partial charge in [0.15, 0.2) is 5.78 Å². The van der Waals surface area contributed by atoms with Gasteiger partial charge in [-0.05, 0) is 145 Å². The molecule has 5 nitrogen and oxygen atoms in total. The van der Waals surface area contributed by atoms with Crippen LogP contribution in [0.3, 0.4) is 0 Å². The number of anilines is 2. The summed E-state index contributed by atoms with van der Waals surface area (Å²) in [6.45, 7) is 8.02. The molecular weight excluding hydrogens is 556 g/mol. The molecule has 2 aliphatic rings. The zero-order chi connectivity index (χ0) is 24.4. The fourth-order valence-corrected chi connectivity index (χ4v) is 6.34. The van der Waals surface area contributed by atoms with Crippen molar-refractivity contribution in [2.45, 2.75) is 63.5 Å². The minimum absolute atomic E-state index is 0.0418. The molecule has 7 heteroatoms. The van der Waals surface area contributed by atoms with Gasteiger partial charge in [0.25, 0.3) is 0 Å². The van der Waals surface area contributed by atoms with Crippen LogP contribution in [0.15, 0.2) is 45.3 Å². The van der Waals surface area contributed by atoms with Gasteiger partial charge in [-0.3, -0.25) is 14.6 Å². The topological polar surface area (TPSA) is 75.6 Å². The third-order valence-corrected chi connectivity index (χ3v) is 9.34. The Balaban J connectivity index is 1.28. The normalized spacial score (nSPS) is 20.8. The van der Waals surface area contributed by atoms with Crippen LogP contribution in [0.2, 0.25) is 0 Å². The molecule has 0 aliphatic carbocycles. The lowest BCUT2D eigenvalue weighted by atomic mass is 9.87. The van der Waals surface area contributed by atoms with E-state index in [0.717, 1.165) is 72.2 Å². The third kappa shape index (κ3) is 5.69. The number of piperidine rings is 2. The molecule has 184 valence electrons. The SMILES string of the molecule is CC(C(=O)C(C)N1CCC(c2ccc(N)c(Br)c2)CC1)N1CCC(c2ccc(N)c(Br)c2)CC1. The van der Waals surface area contributed by atoms with Gasteiger partial charge in [-0.15, -0.1) is 0 Å². The number of nitrogen functional groups attached to an aromatic ring is 2. The summed E-state index contributed by atoms with van der Waals surface area (Å²) in [7, 11) is 0. The monoisotopic (exact) mass is 590 g/mol. The molecule has 2 atom stereocenters. The molecule has 34 heavy (non-hydrogen) atoms. The van der Waals surface area contributed by atoms with E-state index in [1.165, 1.54) is 11.1 Å². The number of benzene rings is 2. The zero-order valence-corrected chi connectivity index (χ0v) is 23.3. The van der Waals surface area contributed by atoms with Crippen molar-refractivity contribution in [1.82, 2.24) is 9.80 Å². The van der Waals surface area contributed by atoms with Crippen molar-refractivity contribution in [2.24, 2.45) is 0 Å². The maximum Gasteiger partial charge on any atom is 0.166 e. The number of likely N-dealkylation sites (tertiary alicyclic amines) is 2. The first-order chi connectivity index (χ1) is 16.2. The summed E-state index contributed by atoms with van der Waals surface area (Å²) in [5, 5.41) is 0. The number of halogens is 2. The van der Waals surface area contributed by atoms with Crippen LogP contribution in [-0.4, -0.2) is 53.8 Å². The summed E-state index contributed by atoms with van der Waals surface area (Å²) in [6, 6.07) is 12.5. The van der Waals surface area contributed by atoms with Gasteiger partial charge >= 0.3 is 0 Å². The molecule has 0 amide bonds. The van der Waals surface area contributed by atoms with Crippen LogP contribution >= 0.6 is 31.9 Å². The van der Waals surface area contributed by atoms with Crippen LogP contribution in [0.5, 0.6) is 0 Å². The highest BCUT2D eigenvalue weighted by molar-refractivity contribution is 9.11. The molecule has 2 unspecified atom stereocenters. The molecular formula is C27H36Br2N4O. The Bertz CT molecular complexity index is 934. The van der Waals surface area contributed by atoms with E-state index in [4.69, 9.17) is 11.5 Å². The van der Waals surface area contributed by atoms with Crippen LogP contribution in [0.1, 0.15) is 62.5 Å². The van der Waals surface area contributed by atoms with E-state index in [1.54, 1.807) is 0 Å². The second-order valence-corrected chi connectivity index (χ2v) is 11.6. The minimum Gasteiger partial charge on any atom is -0.398 e. The maximum atomic E-state index is 13.4. The predicted molar refractivity (Wildman–Crippen MR) is 148 cm³/mol. The third-order valence-electron chi connectivity index (χ3n) is 7.97. The van der Waals surface area contributed by atoms with E-state index < -0.39 is 0 Å². The number of carbonyl (C=O) groups excluding carboxylic acids is 1. The minimum atomic E-state index is -0.0418. The van der Waals surface area contributed by atoms with Gasteiger partial charge in [-0.25, -0.2) is 0 Å². The zero-order valence-electron chi connectivity index (χ0n) is 20.1. The molecule has 0 radical (unpaired) electrons. The van der Waals surface area contributed by atoms with Crippen LogP contribution in [-0.2, 0) is 4.79 Å². The molecule has 4 rings (SSSR count). The second kappa shape index (κ2) is 11.1. The van der Waals surface area contributed by atoms with E-state index in [9.17, 15) is 4.79 Å². The lowest BCUT2D eigenvalue weighted by Crippen LogP contribution is -2.52. The van der Waals surface area contributed by atoms with Crippen molar-refractivity contribution >= 4 is 49.0 Å². The summed E-state index contributed by atoms with van der Waals surface area (Å²) < 4.78 is 1.94. The lowest BCUT2D eigenvalue weighted by molar-refractivity contribution is -0.129. The number of nitrogens with zero attached hydrogens (tertiary/aromatic N) is 2. The second-order valence-electron chi connectivity index (χ2n) is 9.94. The van der Waals surface area contributed by atoms with E-state index in [1.807, 2.05) is 12.1 Å². The van der Waals surface area contributed by atoms with Crippen molar-refractivity contribution in [3.8, 4) is 0 Å². The average Bonchev–Trinajstić information content (AvgIpc) is 2.86. The first kappa shape index (κ1) is 25.7. The van der Waals surface area contributed by atoms with Gasteiger partial charge in [0, 0.05) is 20.3 Å². The Morgan fingerprint density at radius 1 is 0.765 bits per heavy atom. The van der Waals surface area contributed by atoms with Crippen LogP contribution in [0, 0.1) is 0 Å². The Morgan fingerprint density at radius 2 is 1.12 bits per heavy atom. The number of carbonyl (C=O) groups is 1. The van der Waals surface area contributed by atoms with Gasteiger partial charge < -0.3 is 11.5 Å². The molecule has 4 N–H and O–H groups in total. The van der Waals surface area contributed by atoms with Crippen molar-refractivity contribution in [3.05, 3.63) is 56.5 Å². The maximum absolute atomic E-state index is 13.4. The molecule has 2 aliphatic heterocycles. The largest absolute Gasteiger partial charge is 0.398 e. The number of hydrogen-bond donors (Lipinski definition) is 2. The highest BCUT2D eigenvalue weighted by Gasteiger charge is 2.33. The van der Waals surface area contributed by atoms with Crippen LogP contribution in [0.4, 0.5) is 11.4 Å². The van der Waals surface area contributed by atoms with Crippen molar-refractivity contribution in [2.75, 3.05) is 37.6 Å². The molecule has 2 aromatic rings. The van der Waals surface area contributed by atoms with E-state index in [-0.39, 0.29) is 12.1 Å². The van der Waals surface area contributed by atoms with Gasteiger partial charge in [0.05, 0.1) is 12.1 Å². The molecule has 0 saturated carbocycles. The predicted octanol–water partition coefficient (Wildman–Crippen LogP) is 5.78. The fraction of sp³-hybridized carbons (Fsp3) is 0.519. The number of Topliss-reactive ketones (excluding diaryl/α,β-unsaturated/α-hetero) is 1. The number of rotatable bonds is 6. The smallest absolute Gasteiger partial charge is 0.166 e. The summed E-state index contributed by atoms with van der Waals surface area (Å²) in [6.07, 6.45) is 4.30. The lowest BCUT2D eigenvalue weighted by Gasteiger charge is -2.40. The molecule has 0 aromatic heterocycles. The highest BCUT2D eigenvalue weighted by Crippen LogP contribution is 2.34. The van der Waals surface area contributed by atoms with E-state index >= 15 is 0 Å². The molecule has 0 spiro atoms. The quantitative estimate of drug-likeness (QED) is 0.416. The Kier molecular flexibility index (Phi) is 8.39. The first-order valence-electron chi connectivity index (χ1n) is 12.4. The summed E-state index contributed by atoms with van der Waals surface area (Å²) in [5.74, 6) is 1.41. The van der Waals surface area contributed by atoms with Crippen molar-refractivity contribution < 1.29 is 4.79 Å². The average molecular weight is 592 g/mol. The number of hydrogen-bond acceptors (Lipinski definition) is 5. The van der Waals surface area contributed by atoms with Gasteiger partial charge in [0.1, 0.15) is 0 Å². The Labute approximate surface area is 220 Å². The standard InChI is InChI=1S/C27H36Br2N4O/c1-17(32-11-7-19(8-12-32)21-3-5-25(30)23(28)15-21)27(34)18(2)33-13-9-20(10-14-33)22-4-6-26(31)24(29)16-22/h3-6,15-20H,7-14,30-31H2,1-2H3.